The highest BCUT2D eigenvalue weighted by atomic mass is 35.5. The van der Waals surface area contributed by atoms with Crippen LogP contribution in [0.4, 0.5) is 11.5 Å². The van der Waals surface area contributed by atoms with E-state index in [0.29, 0.717) is 16.6 Å². The fourth-order valence-corrected chi connectivity index (χ4v) is 3.85. The largest absolute Gasteiger partial charge is 0.369 e. The highest BCUT2D eigenvalue weighted by Crippen LogP contribution is 2.29. The molecule has 0 bridgehead atoms. The summed E-state index contributed by atoms with van der Waals surface area (Å²) in [5.74, 6) is 0.763. The van der Waals surface area contributed by atoms with Gasteiger partial charge < -0.3 is 15.5 Å². The van der Waals surface area contributed by atoms with E-state index >= 15 is 0 Å². The number of anilines is 2. The molecular weight excluding hydrogens is 381 g/mol. The molecule has 0 amide bonds. The Morgan fingerprint density at radius 2 is 1.85 bits per heavy atom. The zero-order valence-electron chi connectivity index (χ0n) is 15.1. The summed E-state index contributed by atoms with van der Waals surface area (Å²) in [6.45, 7) is 6.57. The molecule has 1 aliphatic rings. The van der Waals surface area contributed by atoms with Gasteiger partial charge in [0.25, 0.3) is 0 Å². The van der Waals surface area contributed by atoms with Gasteiger partial charge in [0.1, 0.15) is 0 Å². The Kier molecular flexibility index (Phi) is 5.34. The highest BCUT2D eigenvalue weighted by Gasteiger charge is 2.14. The molecule has 1 saturated heterocycles. The predicted octanol–water partition coefficient (Wildman–Crippen LogP) is 4.27. The first-order valence-electron chi connectivity index (χ1n) is 9.02. The number of piperazine rings is 1. The van der Waals surface area contributed by atoms with Gasteiger partial charge >= 0.3 is 0 Å². The van der Waals surface area contributed by atoms with E-state index in [1.807, 2.05) is 19.1 Å². The third-order valence-electron chi connectivity index (χ3n) is 4.89. The van der Waals surface area contributed by atoms with Crippen molar-refractivity contribution in [1.82, 2.24) is 15.5 Å². The first-order chi connectivity index (χ1) is 13.1. The number of benzene rings is 2. The maximum absolute atomic E-state index is 6.29. The van der Waals surface area contributed by atoms with Crippen molar-refractivity contribution in [2.24, 2.45) is 0 Å². The van der Waals surface area contributed by atoms with Crippen LogP contribution in [-0.4, -0.2) is 36.4 Å². The molecule has 0 radical (unpaired) electrons. The number of rotatable bonds is 4. The minimum Gasteiger partial charge on any atom is -0.369 e. The lowest BCUT2D eigenvalue weighted by molar-refractivity contribution is 0.589. The van der Waals surface area contributed by atoms with Gasteiger partial charge in [-0.25, -0.2) is 0 Å². The standard InChI is InChI=1S/C20H21Cl2N5/c1-13-17-5-4-16(27-8-6-23-7-9-27)11-18(17)20(26-25-13)24-12-14-2-3-15(21)10-19(14)22/h2-5,10-11,23H,6-9,12H2,1H3,(H,24,26). The Hall–Kier alpha value is -2.08. The maximum atomic E-state index is 6.29. The quantitative estimate of drug-likeness (QED) is 0.683. The van der Waals surface area contributed by atoms with Crippen molar-refractivity contribution in [1.29, 1.82) is 0 Å². The zero-order valence-corrected chi connectivity index (χ0v) is 16.6. The summed E-state index contributed by atoms with van der Waals surface area (Å²) in [5.41, 5.74) is 3.10. The average Bonchev–Trinajstić information content (AvgIpc) is 2.69. The van der Waals surface area contributed by atoms with Gasteiger partial charge in [0, 0.05) is 59.2 Å². The Labute approximate surface area is 168 Å². The second-order valence-corrected chi connectivity index (χ2v) is 7.53. The fourth-order valence-electron chi connectivity index (χ4n) is 3.37. The summed E-state index contributed by atoms with van der Waals surface area (Å²) < 4.78 is 0. The first kappa shape index (κ1) is 18.3. The summed E-state index contributed by atoms with van der Waals surface area (Å²) in [4.78, 5) is 2.39. The normalized spacial score (nSPS) is 14.6. The van der Waals surface area contributed by atoms with Crippen LogP contribution in [0.1, 0.15) is 11.3 Å². The molecule has 2 N–H and O–H groups in total. The van der Waals surface area contributed by atoms with Crippen molar-refractivity contribution >= 4 is 45.5 Å². The molecule has 2 heterocycles. The number of halogens is 2. The molecular formula is C20H21Cl2N5. The Bertz CT molecular complexity index is 970. The minimum atomic E-state index is 0.556. The zero-order chi connectivity index (χ0) is 18.8. The van der Waals surface area contributed by atoms with E-state index in [1.165, 1.54) is 5.69 Å². The molecule has 140 valence electrons. The van der Waals surface area contributed by atoms with Gasteiger partial charge in [-0.05, 0) is 36.8 Å². The Morgan fingerprint density at radius 3 is 2.63 bits per heavy atom. The molecule has 3 aromatic rings. The molecule has 0 atom stereocenters. The van der Waals surface area contributed by atoms with Crippen molar-refractivity contribution in [2.45, 2.75) is 13.5 Å². The molecule has 1 aliphatic heterocycles. The molecule has 2 aromatic carbocycles. The summed E-state index contributed by atoms with van der Waals surface area (Å²) in [7, 11) is 0. The van der Waals surface area contributed by atoms with Gasteiger partial charge in [0.15, 0.2) is 5.82 Å². The van der Waals surface area contributed by atoms with Crippen molar-refractivity contribution in [2.75, 3.05) is 36.4 Å². The van der Waals surface area contributed by atoms with E-state index in [9.17, 15) is 0 Å². The molecule has 1 aromatic heterocycles. The van der Waals surface area contributed by atoms with Crippen LogP contribution in [0.15, 0.2) is 36.4 Å². The summed E-state index contributed by atoms with van der Waals surface area (Å²) in [6.07, 6.45) is 0. The Morgan fingerprint density at radius 1 is 1.04 bits per heavy atom. The van der Waals surface area contributed by atoms with E-state index in [-0.39, 0.29) is 0 Å². The number of hydrogen-bond donors (Lipinski definition) is 2. The summed E-state index contributed by atoms with van der Waals surface area (Å²) >= 11 is 12.3. The number of nitrogens with one attached hydrogen (secondary N) is 2. The van der Waals surface area contributed by atoms with E-state index in [1.54, 1.807) is 6.07 Å². The second kappa shape index (κ2) is 7.89. The number of hydrogen-bond acceptors (Lipinski definition) is 5. The number of aryl methyl sites for hydroxylation is 1. The molecule has 7 heteroatoms. The van der Waals surface area contributed by atoms with Crippen LogP contribution in [0.3, 0.4) is 0 Å². The number of fused-ring (bicyclic) bond motifs is 1. The SMILES string of the molecule is Cc1nnc(NCc2ccc(Cl)cc2Cl)c2cc(N3CCNCC3)ccc12. The summed E-state index contributed by atoms with van der Waals surface area (Å²) in [6, 6.07) is 12.0. The summed E-state index contributed by atoms with van der Waals surface area (Å²) in [5, 5.41) is 18.9. The van der Waals surface area contributed by atoms with Gasteiger partial charge in [0.2, 0.25) is 0 Å². The molecule has 0 unspecified atom stereocenters. The maximum Gasteiger partial charge on any atom is 0.156 e. The van der Waals surface area contributed by atoms with E-state index in [4.69, 9.17) is 23.2 Å². The Balaban J connectivity index is 1.65. The van der Waals surface area contributed by atoms with Crippen LogP contribution in [0, 0.1) is 6.92 Å². The third kappa shape index (κ3) is 3.95. The van der Waals surface area contributed by atoms with E-state index in [2.05, 4.69) is 43.9 Å². The average molecular weight is 402 g/mol. The molecule has 1 fully saturated rings. The smallest absolute Gasteiger partial charge is 0.156 e. The molecule has 5 nitrogen and oxygen atoms in total. The van der Waals surface area contributed by atoms with Gasteiger partial charge in [-0.15, -0.1) is 5.10 Å². The van der Waals surface area contributed by atoms with Crippen molar-refractivity contribution in [3.63, 3.8) is 0 Å². The monoisotopic (exact) mass is 401 g/mol. The molecule has 0 saturated carbocycles. The van der Waals surface area contributed by atoms with E-state index < -0.39 is 0 Å². The molecule has 0 aliphatic carbocycles. The topological polar surface area (TPSA) is 53.1 Å². The van der Waals surface area contributed by atoms with Gasteiger partial charge in [-0.1, -0.05) is 35.3 Å². The van der Waals surface area contributed by atoms with Crippen LogP contribution >= 0.6 is 23.2 Å². The lowest BCUT2D eigenvalue weighted by Gasteiger charge is -2.29. The predicted molar refractivity (Wildman–Crippen MR) is 113 cm³/mol. The number of aromatic nitrogens is 2. The second-order valence-electron chi connectivity index (χ2n) is 6.69. The van der Waals surface area contributed by atoms with Crippen LogP contribution in [-0.2, 0) is 6.54 Å². The van der Waals surface area contributed by atoms with Crippen molar-refractivity contribution in [3.05, 3.63) is 57.7 Å². The fraction of sp³-hybridized carbons (Fsp3) is 0.300. The molecule has 4 rings (SSSR count). The minimum absolute atomic E-state index is 0.556. The van der Waals surface area contributed by atoms with Crippen LogP contribution in [0.2, 0.25) is 10.0 Å². The first-order valence-corrected chi connectivity index (χ1v) is 9.78. The third-order valence-corrected chi connectivity index (χ3v) is 5.48. The van der Waals surface area contributed by atoms with Gasteiger partial charge in [0.05, 0.1) is 5.69 Å². The van der Waals surface area contributed by atoms with Crippen LogP contribution < -0.4 is 15.5 Å². The number of nitrogens with zero attached hydrogens (tertiary/aromatic N) is 3. The van der Waals surface area contributed by atoms with Crippen molar-refractivity contribution in [3.8, 4) is 0 Å². The lowest BCUT2D eigenvalue weighted by atomic mass is 10.1. The molecule has 0 spiro atoms. The lowest BCUT2D eigenvalue weighted by Crippen LogP contribution is -2.43. The molecule has 27 heavy (non-hydrogen) atoms. The van der Waals surface area contributed by atoms with Crippen LogP contribution in [0.25, 0.3) is 10.8 Å². The van der Waals surface area contributed by atoms with Crippen LogP contribution in [0.5, 0.6) is 0 Å². The van der Waals surface area contributed by atoms with Gasteiger partial charge in [-0.3, -0.25) is 0 Å². The van der Waals surface area contributed by atoms with Gasteiger partial charge in [-0.2, -0.15) is 5.10 Å². The highest BCUT2D eigenvalue weighted by molar-refractivity contribution is 6.35. The van der Waals surface area contributed by atoms with Crippen molar-refractivity contribution < 1.29 is 0 Å². The van der Waals surface area contributed by atoms with E-state index in [0.717, 1.165) is 54.0 Å².